The van der Waals surface area contributed by atoms with E-state index in [0.29, 0.717) is 5.41 Å². The first-order chi connectivity index (χ1) is 13.8. The normalized spacial score (nSPS) is 38.2. The minimum Gasteiger partial charge on any atom is -0.393 e. The Morgan fingerprint density at radius 2 is 1.86 bits per heavy atom. The highest BCUT2D eigenvalue weighted by molar-refractivity contribution is 6.26. The van der Waals surface area contributed by atoms with E-state index in [0.717, 1.165) is 42.9 Å². The molecule has 2 heteroatoms. The molecule has 0 heterocycles. The van der Waals surface area contributed by atoms with Crippen molar-refractivity contribution in [2.45, 2.75) is 104 Å². The van der Waals surface area contributed by atoms with Gasteiger partial charge in [-0.3, -0.25) is 0 Å². The fourth-order valence-corrected chi connectivity index (χ4v) is 6.99. The Labute approximate surface area is 184 Å². The molecule has 1 N–H and O–H groups in total. The summed E-state index contributed by atoms with van der Waals surface area (Å²) in [7, 11) is 0. The standard InChI is InChI=1S/C27H43ClO/c1-19(2)7-5-8-20(3)25-14-15-26-21(9-6-16-27(25,26)4)10-11-22-17-24(29)13-12-23(22)18-28/h10-11,18-20,24-26,29H,5-9,12-17H2,1-4H3/b21-10?,22-11-,23-18+/t20-,24+,25-,26?,27-/m1/s1. The van der Waals surface area contributed by atoms with Crippen LogP contribution in [0, 0.1) is 29.1 Å². The van der Waals surface area contributed by atoms with Gasteiger partial charge in [-0.15, -0.1) is 0 Å². The van der Waals surface area contributed by atoms with Gasteiger partial charge in [0, 0.05) is 5.54 Å². The highest BCUT2D eigenvalue weighted by Gasteiger charge is 2.50. The zero-order chi connectivity index (χ0) is 21.0. The number of halogens is 1. The van der Waals surface area contributed by atoms with Gasteiger partial charge in [0.05, 0.1) is 6.10 Å². The van der Waals surface area contributed by atoms with Gasteiger partial charge >= 0.3 is 0 Å². The van der Waals surface area contributed by atoms with Gasteiger partial charge in [0.25, 0.3) is 0 Å². The number of fused-ring (bicyclic) bond motifs is 1. The van der Waals surface area contributed by atoms with Crippen molar-refractivity contribution in [2.75, 3.05) is 0 Å². The topological polar surface area (TPSA) is 20.2 Å². The summed E-state index contributed by atoms with van der Waals surface area (Å²) < 4.78 is 0. The van der Waals surface area contributed by atoms with Crippen molar-refractivity contribution >= 4 is 11.6 Å². The van der Waals surface area contributed by atoms with Gasteiger partial charge in [-0.25, -0.2) is 0 Å². The van der Waals surface area contributed by atoms with Crippen LogP contribution in [0.5, 0.6) is 0 Å². The predicted molar refractivity (Wildman–Crippen MR) is 126 cm³/mol. The van der Waals surface area contributed by atoms with Crippen molar-refractivity contribution in [1.82, 2.24) is 0 Å². The lowest BCUT2D eigenvalue weighted by atomic mass is 9.60. The van der Waals surface area contributed by atoms with Crippen LogP contribution in [-0.2, 0) is 0 Å². The van der Waals surface area contributed by atoms with E-state index in [1.807, 2.05) is 0 Å². The van der Waals surface area contributed by atoms with Gasteiger partial charge in [0.1, 0.15) is 0 Å². The molecule has 164 valence electrons. The molecule has 3 rings (SSSR count). The van der Waals surface area contributed by atoms with Crippen molar-refractivity contribution in [2.24, 2.45) is 29.1 Å². The first-order valence-electron chi connectivity index (χ1n) is 12.2. The smallest absolute Gasteiger partial charge is 0.0583 e. The Bertz CT molecular complexity index is 643. The number of hydrogen-bond donors (Lipinski definition) is 1. The molecule has 0 spiro atoms. The van der Waals surface area contributed by atoms with E-state index >= 15 is 0 Å². The molecule has 0 aromatic rings. The second kappa shape index (κ2) is 10.2. The SMILES string of the molecule is CC(C)CCC[C@@H](C)[C@H]1CCC2C(=C/C=C3/C[C@@H](O)CC/C3=C\Cl)CCC[C@@]21C. The molecule has 3 saturated carbocycles. The minimum absolute atomic E-state index is 0.209. The summed E-state index contributed by atoms with van der Waals surface area (Å²) >= 11 is 6.07. The average molecular weight is 419 g/mol. The van der Waals surface area contributed by atoms with E-state index in [1.165, 1.54) is 62.5 Å². The Morgan fingerprint density at radius 3 is 2.59 bits per heavy atom. The molecular weight excluding hydrogens is 376 g/mol. The van der Waals surface area contributed by atoms with Crippen LogP contribution in [0.1, 0.15) is 98.3 Å². The molecule has 3 aliphatic carbocycles. The third-order valence-electron chi connectivity index (χ3n) is 8.41. The van der Waals surface area contributed by atoms with Crippen LogP contribution in [0.25, 0.3) is 0 Å². The monoisotopic (exact) mass is 418 g/mol. The number of hydrogen-bond acceptors (Lipinski definition) is 1. The molecule has 5 atom stereocenters. The van der Waals surface area contributed by atoms with Gasteiger partial charge in [-0.2, -0.15) is 0 Å². The summed E-state index contributed by atoms with van der Waals surface area (Å²) in [5, 5.41) is 10.1. The third kappa shape index (κ3) is 5.40. The Morgan fingerprint density at radius 1 is 1.07 bits per heavy atom. The highest BCUT2D eigenvalue weighted by Crippen LogP contribution is 2.59. The van der Waals surface area contributed by atoms with Gasteiger partial charge < -0.3 is 5.11 Å². The summed E-state index contributed by atoms with van der Waals surface area (Å²) in [5.41, 5.74) is 6.34. The third-order valence-corrected chi connectivity index (χ3v) is 8.67. The zero-order valence-electron chi connectivity index (χ0n) is 19.2. The molecule has 0 aromatic heterocycles. The number of aliphatic hydroxyl groups is 1. The molecule has 29 heavy (non-hydrogen) atoms. The van der Waals surface area contributed by atoms with Crippen molar-refractivity contribution in [3.05, 3.63) is 34.4 Å². The lowest BCUT2D eigenvalue weighted by Gasteiger charge is -2.44. The van der Waals surface area contributed by atoms with E-state index in [2.05, 4.69) is 39.8 Å². The first kappa shape index (κ1) is 23.1. The fourth-order valence-electron chi connectivity index (χ4n) is 6.74. The van der Waals surface area contributed by atoms with Crippen molar-refractivity contribution in [3.63, 3.8) is 0 Å². The molecule has 3 fully saturated rings. The van der Waals surface area contributed by atoms with E-state index in [-0.39, 0.29) is 6.10 Å². The quantitative estimate of drug-likeness (QED) is 0.460. The minimum atomic E-state index is -0.209. The molecule has 0 radical (unpaired) electrons. The maximum Gasteiger partial charge on any atom is 0.0583 e. The summed E-state index contributed by atoms with van der Waals surface area (Å²) in [6.07, 6.45) is 17.9. The van der Waals surface area contributed by atoms with E-state index < -0.39 is 0 Å². The Hall–Kier alpha value is -0.530. The zero-order valence-corrected chi connectivity index (χ0v) is 20.0. The highest BCUT2D eigenvalue weighted by atomic mass is 35.5. The van der Waals surface area contributed by atoms with Crippen LogP contribution in [0.3, 0.4) is 0 Å². The van der Waals surface area contributed by atoms with Gasteiger partial charge in [-0.05, 0) is 91.6 Å². The van der Waals surface area contributed by atoms with E-state index in [4.69, 9.17) is 11.6 Å². The number of allylic oxidation sites excluding steroid dienone is 4. The second-order valence-corrected chi connectivity index (χ2v) is 11.1. The summed E-state index contributed by atoms with van der Waals surface area (Å²) in [6, 6.07) is 0. The molecule has 0 aromatic carbocycles. The molecular formula is C27H43ClO. The number of rotatable bonds is 6. The van der Waals surface area contributed by atoms with Crippen LogP contribution in [0.2, 0.25) is 0 Å². The Balaban J connectivity index is 1.72. The predicted octanol–water partition coefficient (Wildman–Crippen LogP) is 8.19. The van der Waals surface area contributed by atoms with Gasteiger partial charge in [-0.1, -0.05) is 76.3 Å². The molecule has 3 aliphatic rings. The summed E-state index contributed by atoms with van der Waals surface area (Å²) in [5.74, 6) is 3.31. The van der Waals surface area contributed by atoms with Crippen molar-refractivity contribution < 1.29 is 5.11 Å². The van der Waals surface area contributed by atoms with E-state index in [1.54, 1.807) is 11.1 Å². The average Bonchev–Trinajstić information content (AvgIpc) is 3.03. The second-order valence-electron chi connectivity index (χ2n) is 10.9. The lowest BCUT2D eigenvalue weighted by molar-refractivity contribution is 0.0929. The molecule has 1 unspecified atom stereocenters. The van der Waals surface area contributed by atoms with Crippen LogP contribution < -0.4 is 0 Å². The summed E-state index contributed by atoms with van der Waals surface area (Å²) in [4.78, 5) is 0. The summed E-state index contributed by atoms with van der Waals surface area (Å²) in [6.45, 7) is 9.82. The molecule has 0 amide bonds. The van der Waals surface area contributed by atoms with Gasteiger partial charge in [0.15, 0.2) is 0 Å². The molecule has 0 saturated heterocycles. The largest absolute Gasteiger partial charge is 0.393 e. The van der Waals surface area contributed by atoms with Crippen LogP contribution in [-0.4, -0.2) is 11.2 Å². The van der Waals surface area contributed by atoms with Crippen molar-refractivity contribution in [3.8, 4) is 0 Å². The molecule has 1 nitrogen and oxygen atoms in total. The van der Waals surface area contributed by atoms with E-state index in [9.17, 15) is 5.11 Å². The van der Waals surface area contributed by atoms with Crippen LogP contribution in [0.15, 0.2) is 34.4 Å². The fraction of sp³-hybridized carbons (Fsp3) is 0.778. The number of aliphatic hydroxyl groups excluding tert-OH is 1. The van der Waals surface area contributed by atoms with Crippen LogP contribution >= 0.6 is 11.6 Å². The maximum absolute atomic E-state index is 10.1. The van der Waals surface area contributed by atoms with Gasteiger partial charge in [0.2, 0.25) is 0 Å². The van der Waals surface area contributed by atoms with Crippen molar-refractivity contribution in [1.29, 1.82) is 0 Å². The first-order valence-corrected chi connectivity index (χ1v) is 12.7. The maximum atomic E-state index is 10.1. The molecule has 0 bridgehead atoms. The molecule has 0 aliphatic heterocycles. The lowest BCUT2D eigenvalue weighted by Crippen LogP contribution is -2.36. The Kier molecular flexibility index (Phi) is 8.13. The van der Waals surface area contributed by atoms with Crippen LogP contribution in [0.4, 0.5) is 0 Å².